The predicted octanol–water partition coefficient (Wildman–Crippen LogP) is 3.67. The normalized spacial score (nSPS) is 16.2. The second kappa shape index (κ2) is 10.8. The second-order valence-corrected chi connectivity index (χ2v) is 8.04. The first kappa shape index (κ1) is 21.9. The molecule has 2 aromatic carbocycles. The van der Waals surface area contributed by atoms with Crippen LogP contribution in [0.2, 0.25) is 0 Å². The van der Waals surface area contributed by atoms with Crippen LogP contribution in [0.25, 0.3) is 11.3 Å². The van der Waals surface area contributed by atoms with Crippen LogP contribution < -0.4 is 15.4 Å². The third-order valence-corrected chi connectivity index (χ3v) is 5.53. The largest absolute Gasteiger partial charge is 0.493 e. The zero-order chi connectivity index (χ0) is 22.2. The van der Waals surface area contributed by atoms with Crippen molar-refractivity contribution in [1.82, 2.24) is 20.6 Å². The fourth-order valence-corrected chi connectivity index (χ4v) is 3.65. The monoisotopic (exact) mass is 433 g/mol. The fourth-order valence-electron chi connectivity index (χ4n) is 3.65. The minimum absolute atomic E-state index is 0.472. The summed E-state index contributed by atoms with van der Waals surface area (Å²) in [5, 5.41) is 6.69. The van der Waals surface area contributed by atoms with Crippen molar-refractivity contribution in [3.8, 4) is 17.0 Å². The summed E-state index contributed by atoms with van der Waals surface area (Å²) < 4.78 is 11.6. The van der Waals surface area contributed by atoms with E-state index in [1.807, 2.05) is 24.4 Å². The number of nitrogens with one attached hydrogen (secondary N) is 3. The van der Waals surface area contributed by atoms with Gasteiger partial charge in [-0.05, 0) is 30.5 Å². The molecule has 4 rings (SSSR count). The molecular weight excluding hydrogens is 402 g/mol. The van der Waals surface area contributed by atoms with Crippen LogP contribution in [0.4, 0.5) is 0 Å². The highest BCUT2D eigenvalue weighted by Gasteiger charge is 2.17. The number of aromatic amines is 1. The minimum Gasteiger partial charge on any atom is -0.493 e. The number of imidazole rings is 1. The summed E-state index contributed by atoms with van der Waals surface area (Å²) in [6, 6.07) is 16.5. The Morgan fingerprint density at radius 3 is 2.81 bits per heavy atom. The number of nitrogens with zero attached hydrogens (tertiary/aromatic N) is 2. The van der Waals surface area contributed by atoms with Crippen molar-refractivity contribution in [1.29, 1.82) is 0 Å². The maximum Gasteiger partial charge on any atom is 0.191 e. The summed E-state index contributed by atoms with van der Waals surface area (Å²) >= 11 is 0. The smallest absolute Gasteiger partial charge is 0.191 e. The van der Waals surface area contributed by atoms with E-state index in [1.54, 1.807) is 7.05 Å². The zero-order valence-corrected chi connectivity index (χ0v) is 18.7. The van der Waals surface area contributed by atoms with Gasteiger partial charge in [-0.1, -0.05) is 42.5 Å². The van der Waals surface area contributed by atoms with E-state index >= 15 is 0 Å². The summed E-state index contributed by atoms with van der Waals surface area (Å²) in [5.74, 6) is 2.95. The Bertz CT molecular complexity index is 1030. The van der Waals surface area contributed by atoms with Crippen molar-refractivity contribution >= 4 is 5.96 Å². The molecule has 1 unspecified atom stereocenters. The Morgan fingerprint density at radius 2 is 2.03 bits per heavy atom. The van der Waals surface area contributed by atoms with Gasteiger partial charge in [0.2, 0.25) is 0 Å². The number of H-pyrrole nitrogens is 1. The summed E-state index contributed by atoms with van der Waals surface area (Å²) in [7, 11) is 1.76. The summed E-state index contributed by atoms with van der Waals surface area (Å²) in [5.41, 5.74) is 4.40. The van der Waals surface area contributed by atoms with Crippen molar-refractivity contribution in [3.63, 3.8) is 0 Å². The lowest BCUT2D eigenvalue weighted by atomic mass is 10.1. The van der Waals surface area contributed by atoms with Gasteiger partial charge in [-0.15, -0.1) is 0 Å². The number of ether oxygens (including phenoxy) is 2. The second-order valence-electron chi connectivity index (χ2n) is 8.04. The van der Waals surface area contributed by atoms with Gasteiger partial charge in [0.1, 0.15) is 11.6 Å². The molecule has 0 spiro atoms. The quantitative estimate of drug-likeness (QED) is 0.373. The summed E-state index contributed by atoms with van der Waals surface area (Å²) in [6.45, 7) is 5.55. The summed E-state index contributed by atoms with van der Waals surface area (Å²) in [4.78, 5) is 12.2. The molecule has 0 saturated carbocycles. The van der Waals surface area contributed by atoms with Crippen molar-refractivity contribution < 1.29 is 9.47 Å². The molecule has 1 aliphatic rings. The molecule has 168 valence electrons. The maximum absolute atomic E-state index is 6.15. The Labute approximate surface area is 189 Å². The van der Waals surface area contributed by atoms with E-state index in [9.17, 15) is 0 Å². The van der Waals surface area contributed by atoms with Crippen LogP contribution in [0, 0.1) is 12.8 Å². The highest BCUT2D eigenvalue weighted by molar-refractivity contribution is 5.79. The zero-order valence-electron chi connectivity index (χ0n) is 18.7. The van der Waals surface area contributed by atoms with Gasteiger partial charge in [-0.25, -0.2) is 4.98 Å². The highest BCUT2D eigenvalue weighted by atomic mass is 16.5. The molecule has 0 aliphatic carbocycles. The number of benzene rings is 2. The van der Waals surface area contributed by atoms with Gasteiger partial charge in [-0.2, -0.15) is 0 Å². The van der Waals surface area contributed by atoms with Crippen molar-refractivity contribution in [2.45, 2.75) is 26.4 Å². The number of aromatic nitrogens is 2. The van der Waals surface area contributed by atoms with Gasteiger partial charge in [0.25, 0.3) is 0 Å². The number of aliphatic imine (C=N–C) groups is 1. The Balaban J connectivity index is 1.31. The fraction of sp³-hybridized carbons (Fsp3) is 0.360. The lowest BCUT2D eigenvalue weighted by Gasteiger charge is -2.16. The topological polar surface area (TPSA) is 83.6 Å². The van der Waals surface area contributed by atoms with Crippen LogP contribution in [0.1, 0.15) is 23.4 Å². The van der Waals surface area contributed by atoms with Crippen molar-refractivity contribution in [2.75, 3.05) is 26.9 Å². The lowest BCUT2D eigenvalue weighted by Crippen LogP contribution is -2.36. The molecule has 3 aromatic rings. The van der Waals surface area contributed by atoms with Crippen LogP contribution in [0.3, 0.4) is 0 Å². The molecular formula is C25H31N5O2. The first-order chi connectivity index (χ1) is 15.7. The van der Waals surface area contributed by atoms with Gasteiger partial charge in [-0.3, -0.25) is 4.99 Å². The third-order valence-electron chi connectivity index (χ3n) is 5.53. The average molecular weight is 434 g/mol. The minimum atomic E-state index is 0.472. The molecule has 2 heterocycles. The van der Waals surface area contributed by atoms with Crippen molar-refractivity contribution in [3.05, 3.63) is 71.7 Å². The number of hydrogen-bond acceptors (Lipinski definition) is 4. The van der Waals surface area contributed by atoms with E-state index in [1.165, 1.54) is 5.56 Å². The molecule has 7 nitrogen and oxygen atoms in total. The maximum atomic E-state index is 6.15. The van der Waals surface area contributed by atoms with Crippen molar-refractivity contribution in [2.24, 2.45) is 10.9 Å². The van der Waals surface area contributed by atoms with E-state index in [4.69, 9.17) is 9.47 Å². The molecule has 7 heteroatoms. The SMILES string of the molecule is CN=C(NCc1ncc(-c2ccccc2)[nH]1)NCc1ccc(C)cc1OCC1CCOC1. The number of rotatable bonds is 8. The number of guanidine groups is 1. The van der Waals surface area contributed by atoms with E-state index in [2.05, 4.69) is 62.8 Å². The van der Waals surface area contributed by atoms with E-state index in [0.717, 1.165) is 48.0 Å². The molecule has 0 bridgehead atoms. The Hall–Kier alpha value is -3.32. The molecule has 1 saturated heterocycles. The van der Waals surface area contributed by atoms with Gasteiger partial charge < -0.3 is 25.1 Å². The van der Waals surface area contributed by atoms with Crippen LogP contribution in [-0.4, -0.2) is 42.8 Å². The van der Waals surface area contributed by atoms with E-state index in [-0.39, 0.29) is 0 Å². The van der Waals surface area contributed by atoms with Gasteiger partial charge in [0, 0.05) is 31.7 Å². The molecule has 1 aromatic heterocycles. The predicted molar refractivity (Wildman–Crippen MR) is 127 cm³/mol. The lowest BCUT2D eigenvalue weighted by molar-refractivity contribution is 0.166. The number of hydrogen-bond donors (Lipinski definition) is 3. The van der Waals surface area contributed by atoms with Crippen LogP contribution in [0.5, 0.6) is 5.75 Å². The standard InChI is InChI=1S/C25H31N5O2/c1-18-8-9-21(23(12-18)32-17-19-10-11-31-16-19)13-28-25(26-2)29-15-24-27-14-22(30-24)20-6-4-3-5-7-20/h3-9,12,14,19H,10-11,13,15-17H2,1-2H3,(H,27,30)(H2,26,28,29). The van der Waals surface area contributed by atoms with Gasteiger partial charge in [0.15, 0.2) is 5.96 Å². The van der Waals surface area contributed by atoms with Crippen LogP contribution >= 0.6 is 0 Å². The Morgan fingerprint density at radius 1 is 1.19 bits per heavy atom. The van der Waals surface area contributed by atoms with Crippen LogP contribution in [-0.2, 0) is 17.8 Å². The molecule has 1 atom stereocenters. The van der Waals surface area contributed by atoms with Gasteiger partial charge >= 0.3 is 0 Å². The average Bonchev–Trinajstić information content (AvgIpc) is 3.52. The van der Waals surface area contributed by atoms with E-state index < -0.39 is 0 Å². The van der Waals surface area contributed by atoms with Crippen LogP contribution in [0.15, 0.2) is 59.7 Å². The van der Waals surface area contributed by atoms with Gasteiger partial charge in [0.05, 0.1) is 31.6 Å². The number of aryl methyl sites for hydroxylation is 1. The molecule has 32 heavy (non-hydrogen) atoms. The molecule has 0 amide bonds. The highest BCUT2D eigenvalue weighted by Crippen LogP contribution is 2.22. The molecule has 3 N–H and O–H groups in total. The molecule has 0 radical (unpaired) electrons. The summed E-state index contributed by atoms with van der Waals surface area (Å²) in [6.07, 6.45) is 2.92. The molecule has 1 fully saturated rings. The molecule has 1 aliphatic heterocycles. The first-order valence-electron chi connectivity index (χ1n) is 11.0. The van der Waals surface area contributed by atoms with E-state index in [0.29, 0.717) is 31.6 Å². The Kier molecular flexibility index (Phi) is 7.40. The third kappa shape index (κ3) is 5.88. The first-order valence-corrected chi connectivity index (χ1v) is 11.0.